The highest BCUT2D eigenvalue weighted by atomic mass is 15.2. The normalized spacial score (nSPS) is 21.9. The van der Waals surface area contributed by atoms with E-state index in [1.54, 1.807) is 0 Å². The molecule has 1 aromatic rings. The molecule has 0 spiro atoms. The zero-order chi connectivity index (χ0) is 19.2. The summed E-state index contributed by atoms with van der Waals surface area (Å²) < 4.78 is 0. The molecule has 2 aliphatic carbocycles. The Hall–Kier alpha value is -1.41. The van der Waals surface area contributed by atoms with Crippen LogP contribution in [0.1, 0.15) is 63.0 Å². The van der Waals surface area contributed by atoms with Crippen LogP contribution in [-0.4, -0.2) is 49.1 Å². The summed E-state index contributed by atoms with van der Waals surface area (Å²) in [5.41, 5.74) is 7.80. The molecule has 0 amide bonds. The van der Waals surface area contributed by atoms with Gasteiger partial charge in [0.1, 0.15) is 5.54 Å². The molecule has 0 bridgehead atoms. The standard InChI is InChI=1S/C14H22N2.C8H14N2/c1-16(2)14(10-6-7-11-14)13(15)12-8-4-3-5-9-12;1-10(2)8(7-9)5-3-4-6-8/h3-5,8-9,13H,6-7,10-11,15H2,1-2H3;3-6H2,1-2H3. The highest BCUT2D eigenvalue weighted by molar-refractivity contribution is 5.23. The average molecular weight is 357 g/mol. The monoisotopic (exact) mass is 356 g/mol. The van der Waals surface area contributed by atoms with Gasteiger partial charge in [-0.3, -0.25) is 4.90 Å². The second kappa shape index (κ2) is 8.99. The van der Waals surface area contributed by atoms with E-state index < -0.39 is 0 Å². The van der Waals surface area contributed by atoms with Crippen molar-refractivity contribution in [3.63, 3.8) is 0 Å². The first kappa shape index (κ1) is 20.9. The molecule has 4 nitrogen and oxygen atoms in total. The van der Waals surface area contributed by atoms with Gasteiger partial charge >= 0.3 is 0 Å². The number of nitrogens with zero attached hydrogens (tertiary/aromatic N) is 3. The third-order valence-electron chi connectivity index (χ3n) is 6.59. The van der Waals surface area contributed by atoms with Gasteiger partial charge in [-0.25, -0.2) is 0 Å². The first-order valence-corrected chi connectivity index (χ1v) is 9.95. The van der Waals surface area contributed by atoms with Crippen molar-refractivity contribution in [2.24, 2.45) is 5.73 Å². The summed E-state index contributed by atoms with van der Waals surface area (Å²) in [4.78, 5) is 4.39. The molecule has 0 saturated heterocycles. The molecular weight excluding hydrogens is 320 g/mol. The van der Waals surface area contributed by atoms with Crippen LogP contribution in [0.3, 0.4) is 0 Å². The Morgan fingerprint density at radius 3 is 1.77 bits per heavy atom. The number of nitriles is 1. The van der Waals surface area contributed by atoms with Crippen molar-refractivity contribution >= 4 is 0 Å². The van der Waals surface area contributed by atoms with Crippen molar-refractivity contribution in [1.82, 2.24) is 9.80 Å². The van der Waals surface area contributed by atoms with Gasteiger partial charge in [0.25, 0.3) is 0 Å². The molecule has 2 fully saturated rings. The molecule has 26 heavy (non-hydrogen) atoms. The number of rotatable bonds is 4. The molecule has 0 heterocycles. The predicted octanol–water partition coefficient (Wildman–Crippen LogP) is 3.95. The average Bonchev–Trinajstić information content (AvgIpc) is 3.33. The molecular formula is C22H36N4. The molecule has 2 saturated carbocycles. The number of benzene rings is 1. The van der Waals surface area contributed by atoms with E-state index in [0.29, 0.717) is 0 Å². The number of likely N-dealkylation sites (N-methyl/N-ethyl adjacent to an activating group) is 1. The SMILES string of the molecule is CN(C)C1(C#N)CCCC1.CN(C)C1(C(N)c2ccccc2)CCCC1. The third-order valence-corrected chi connectivity index (χ3v) is 6.59. The van der Waals surface area contributed by atoms with Crippen LogP contribution in [0.2, 0.25) is 0 Å². The summed E-state index contributed by atoms with van der Waals surface area (Å²) in [6, 6.07) is 13.0. The summed E-state index contributed by atoms with van der Waals surface area (Å²) in [6.07, 6.45) is 9.58. The van der Waals surface area contributed by atoms with Crippen molar-refractivity contribution in [2.45, 2.75) is 68.5 Å². The second-order valence-corrected chi connectivity index (χ2v) is 8.34. The summed E-state index contributed by atoms with van der Waals surface area (Å²) in [5.74, 6) is 0. The van der Waals surface area contributed by atoms with E-state index in [1.807, 2.05) is 20.2 Å². The Balaban J connectivity index is 0.000000209. The van der Waals surface area contributed by atoms with Crippen LogP contribution >= 0.6 is 0 Å². The van der Waals surface area contributed by atoms with Crippen LogP contribution < -0.4 is 5.73 Å². The number of nitrogens with two attached hydrogens (primary N) is 1. The molecule has 1 unspecified atom stereocenters. The Morgan fingerprint density at radius 2 is 1.38 bits per heavy atom. The molecule has 0 aromatic heterocycles. The highest BCUT2D eigenvalue weighted by Crippen LogP contribution is 2.42. The molecule has 2 aliphatic rings. The molecule has 2 N–H and O–H groups in total. The zero-order valence-electron chi connectivity index (χ0n) is 17.0. The summed E-state index contributed by atoms with van der Waals surface area (Å²) in [5, 5.41) is 8.90. The van der Waals surface area contributed by atoms with E-state index in [2.05, 4.69) is 54.2 Å². The zero-order valence-corrected chi connectivity index (χ0v) is 17.0. The van der Waals surface area contributed by atoms with E-state index in [1.165, 1.54) is 44.1 Å². The van der Waals surface area contributed by atoms with E-state index >= 15 is 0 Å². The maximum Gasteiger partial charge on any atom is 0.108 e. The van der Waals surface area contributed by atoms with Crippen molar-refractivity contribution in [3.8, 4) is 6.07 Å². The van der Waals surface area contributed by atoms with Gasteiger partial charge in [0.2, 0.25) is 0 Å². The van der Waals surface area contributed by atoms with Gasteiger partial charge in [0, 0.05) is 11.6 Å². The fourth-order valence-electron chi connectivity index (χ4n) is 4.61. The van der Waals surface area contributed by atoms with Crippen LogP contribution in [0, 0.1) is 11.3 Å². The topological polar surface area (TPSA) is 56.3 Å². The quantitative estimate of drug-likeness (QED) is 0.887. The minimum atomic E-state index is -0.125. The Morgan fingerprint density at radius 1 is 0.885 bits per heavy atom. The Labute approximate surface area is 160 Å². The molecule has 0 radical (unpaired) electrons. The van der Waals surface area contributed by atoms with Crippen molar-refractivity contribution in [1.29, 1.82) is 5.26 Å². The molecule has 1 aromatic carbocycles. The van der Waals surface area contributed by atoms with Crippen LogP contribution in [0.15, 0.2) is 30.3 Å². The van der Waals surface area contributed by atoms with Crippen LogP contribution in [0.5, 0.6) is 0 Å². The summed E-state index contributed by atoms with van der Waals surface area (Å²) in [7, 11) is 8.31. The van der Waals surface area contributed by atoms with E-state index in [0.717, 1.165) is 12.8 Å². The molecule has 4 heteroatoms. The molecule has 1 atom stereocenters. The maximum absolute atomic E-state index is 8.90. The summed E-state index contributed by atoms with van der Waals surface area (Å²) >= 11 is 0. The third kappa shape index (κ3) is 4.28. The highest BCUT2D eigenvalue weighted by Gasteiger charge is 2.42. The van der Waals surface area contributed by atoms with Crippen molar-refractivity contribution < 1.29 is 0 Å². The predicted molar refractivity (Wildman–Crippen MR) is 109 cm³/mol. The van der Waals surface area contributed by atoms with Crippen molar-refractivity contribution in [3.05, 3.63) is 35.9 Å². The fraction of sp³-hybridized carbons (Fsp3) is 0.682. The molecule has 144 valence electrons. The largest absolute Gasteiger partial charge is 0.322 e. The van der Waals surface area contributed by atoms with Gasteiger partial charge in [0.05, 0.1) is 6.07 Å². The fourth-order valence-corrected chi connectivity index (χ4v) is 4.61. The lowest BCUT2D eigenvalue weighted by Crippen LogP contribution is -2.50. The number of hydrogen-bond donors (Lipinski definition) is 1. The van der Waals surface area contributed by atoms with Gasteiger partial charge in [-0.1, -0.05) is 56.0 Å². The first-order chi connectivity index (χ1) is 12.4. The van der Waals surface area contributed by atoms with Crippen LogP contribution in [0.25, 0.3) is 0 Å². The van der Waals surface area contributed by atoms with Gasteiger partial charge in [-0.15, -0.1) is 0 Å². The Kier molecular flexibility index (Phi) is 7.23. The van der Waals surface area contributed by atoms with Gasteiger partial charge in [0.15, 0.2) is 0 Å². The lowest BCUT2D eigenvalue weighted by Gasteiger charge is -2.41. The van der Waals surface area contributed by atoms with E-state index in [-0.39, 0.29) is 17.1 Å². The second-order valence-electron chi connectivity index (χ2n) is 8.34. The van der Waals surface area contributed by atoms with Gasteiger partial charge in [-0.2, -0.15) is 5.26 Å². The van der Waals surface area contributed by atoms with Gasteiger partial charge in [-0.05, 0) is 59.4 Å². The van der Waals surface area contributed by atoms with Crippen LogP contribution in [-0.2, 0) is 0 Å². The van der Waals surface area contributed by atoms with Crippen LogP contribution in [0.4, 0.5) is 0 Å². The molecule has 3 rings (SSSR count). The first-order valence-electron chi connectivity index (χ1n) is 9.95. The summed E-state index contributed by atoms with van der Waals surface area (Å²) in [6.45, 7) is 0. The van der Waals surface area contributed by atoms with Crippen molar-refractivity contribution in [2.75, 3.05) is 28.2 Å². The lowest BCUT2D eigenvalue weighted by molar-refractivity contribution is 0.123. The van der Waals surface area contributed by atoms with Gasteiger partial charge < -0.3 is 10.6 Å². The molecule has 0 aliphatic heterocycles. The number of hydrogen-bond acceptors (Lipinski definition) is 4. The minimum Gasteiger partial charge on any atom is -0.322 e. The minimum absolute atomic E-state index is 0.125. The van der Waals surface area contributed by atoms with E-state index in [9.17, 15) is 0 Å². The van der Waals surface area contributed by atoms with E-state index in [4.69, 9.17) is 11.0 Å². The maximum atomic E-state index is 8.90. The smallest absolute Gasteiger partial charge is 0.108 e. The lowest BCUT2D eigenvalue weighted by atomic mass is 9.83. The Bertz CT molecular complexity index is 576.